The first-order chi connectivity index (χ1) is 5.49. The van der Waals surface area contributed by atoms with Crippen molar-refractivity contribution in [2.45, 2.75) is 27.2 Å². The van der Waals surface area contributed by atoms with E-state index in [4.69, 9.17) is 0 Å². The van der Waals surface area contributed by atoms with Crippen LogP contribution in [0.2, 0.25) is 0 Å². The molecule has 1 aliphatic carbocycles. The standard InChI is InChI=1S/C11H17N/c1-9(2)12-10-5-7-11(3,4)8-6-10/h5-7,12H,1,8H2,2-4H3. The fourth-order valence-corrected chi connectivity index (χ4v) is 1.16. The number of hydrogen-bond donors (Lipinski definition) is 1. The Labute approximate surface area is 74.9 Å². The lowest BCUT2D eigenvalue weighted by Crippen LogP contribution is -2.15. The molecule has 1 nitrogen and oxygen atoms in total. The smallest absolute Gasteiger partial charge is 0.0338 e. The van der Waals surface area contributed by atoms with E-state index in [9.17, 15) is 0 Å². The van der Waals surface area contributed by atoms with E-state index in [2.05, 4.69) is 44.0 Å². The van der Waals surface area contributed by atoms with Gasteiger partial charge in [-0.3, -0.25) is 0 Å². The van der Waals surface area contributed by atoms with Crippen LogP contribution in [0.15, 0.2) is 36.2 Å². The van der Waals surface area contributed by atoms with Crippen molar-refractivity contribution in [3.05, 3.63) is 36.2 Å². The lowest BCUT2D eigenvalue weighted by atomic mass is 9.85. The van der Waals surface area contributed by atoms with Crippen LogP contribution in [0.1, 0.15) is 27.2 Å². The minimum Gasteiger partial charge on any atom is -0.360 e. The Morgan fingerprint density at radius 3 is 2.67 bits per heavy atom. The Morgan fingerprint density at radius 1 is 1.58 bits per heavy atom. The molecule has 1 heteroatoms. The second-order valence-electron chi connectivity index (χ2n) is 4.09. The molecule has 0 heterocycles. The van der Waals surface area contributed by atoms with Crippen molar-refractivity contribution in [3.63, 3.8) is 0 Å². The van der Waals surface area contributed by atoms with Crippen LogP contribution in [0.5, 0.6) is 0 Å². The summed E-state index contributed by atoms with van der Waals surface area (Å²) in [6, 6.07) is 0. The van der Waals surface area contributed by atoms with Crippen molar-refractivity contribution >= 4 is 0 Å². The van der Waals surface area contributed by atoms with Crippen molar-refractivity contribution in [1.82, 2.24) is 5.32 Å². The van der Waals surface area contributed by atoms with E-state index >= 15 is 0 Å². The topological polar surface area (TPSA) is 12.0 Å². The molecule has 0 aromatic heterocycles. The third kappa shape index (κ3) is 2.57. The van der Waals surface area contributed by atoms with Gasteiger partial charge in [-0.1, -0.05) is 32.6 Å². The highest BCUT2D eigenvalue weighted by molar-refractivity contribution is 5.26. The normalized spacial score (nSPS) is 20.1. The molecular formula is C11H17N. The van der Waals surface area contributed by atoms with Gasteiger partial charge in [-0.2, -0.15) is 0 Å². The van der Waals surface area contributed by atoms with Gasteiger partial charge in [0.25, 0.3) is 0 Å². The van der Waals surface area contributed by atoms with Crippen molar-refractivity contribution in [3.8, 4) is 0 Å². The molecule has 1 aliphatic rings. The second-order valence-corrected chi connectivity index (χ2v) is 4.09. The highest BCUT2D eigenvalue weighted by Crippen LogP contribution is 2.27. The van der Waals surface area contributed by atoms with Gasteiger partial charge >= 0.3 is 0 Å². The van der Waals surface area contributed by atoms with E-state index in [1.165, 1.54) is 5.70 Å². The molecule has 0 saturated carbocycles. The number of rotatable bonds is 2. The molecule has 12 heavy (non-hydrogen) atoms. The van der Waals surface area contributed by atoms with E-state index in [0.29, 0.717) is 5.41 Å². The molecule has 0 saturated heterocycles. The van der Waals surface area contributed by atoms with Gasteiger partial charge in [0.1, 0.15) is 0 Å². The summed E-state index contributed by atoms with van der Waals surface area (Å²) in [5, 5.41) is 3.20. The zero-order valence-electron chi connectivity index (χ0n) is 8.15. The van der Waals surface area contributed by atoms with Crippen LogP contribution >= 0.6 is 0 Å². The molecule has 0 aromatic carbocycles. The summed E-state index contributed by atoms with van der Waals surface area (Å²) in [5.74, 6) is 0. The first kappa shape index (κ1) is 9.11. The highest BCUT2D eigenvalue weighted by Gasteiger charge is 2.15. The average molecular weight is 163 g/mol. The zero-order chi connectivity index (χ0) is 9.19. The summed E-state index contributed by atoms with van der Waals surface area (Å²) in [6.07, 6.45) is 7.67. The molecule has 66 valence electrons. The molecule has 0 unspecified atom stereocenters. The maximum atomic E-state index is 3.80. The lowest BCUT2D eigenvalue weighted by molar-refractivity contribution is 0.480. The predicted octanol–water partition coefficient (Wildman–Crippen LogP) is 2.98. The fourth-order valence-electron chi connectivity index (χ4n) is 1.16. The maximum Gasteiger partial charge on any atom is 0.0338 e. The van der Waals surface area contributed by atoms with E-state index < -0.39 is 0 Å². The van der Waals surface area contributed by atoms with Crippen LogP contribution in [0, 0.1) is 5.41 Å². The van der Waals surface area contributed by atoms with Gasteiger partial charge in [0, 0.05) is 11.4 Å². The maximum absolute atomic E-state index is 3.80. The molecule has 0 spiro atoms. The minimum atomic E-state index is 0.320. The third-order valence-electron chi connectivity index (χ3n) is 1.92. The Balaban J connectivity index is 2.58. The summed E-state index contributed by atoms with van der Waals surface area (Å²) < 4.78 is 0. The van der Waals surface area contributed by atoms with Crippen LogP contribution in [0.25, 0.3) is 0 Å². The summed E-state index contributed by atoms with van der Waals surface area (Å²) in [4.78, 5) is 0. The van der Waals surface area contributed by atoms with Crippen molar-refractivity contribution in [2.24, 2.45) is 5.41 Å². The van der Waals surface area contributed by atoms with Gasteiger partial charge < -0.3 is 5.32 Å². The van der Waals surface area contributed by atoms with Gasteiger partial charge in [0.15, 0.2) is 0 Å². The van der Waals surface area contributed by atoms with Crippen molar-refractivity contribution in [1.29, 1.82) is 0 Å². The third-order valence-corrected chi connectivity index (χ3v) is 1.92. The molecule has 0 amide bonds. The van der Waals surface area contributed by atoms with Crippen molar-refractivity contribution in [2.75, 3.05) is 0 Å². The van der Waals surface area contributed by atoms with Crippen LogP contribution in [-0.4, -0.2) is 0 Å². The number of allylic oxidation sites excluding steroid dienone is 4. The fraction of sp³-hybridized carbons (Fsp3) is 0.455. The Morgan fingerprint density at radius 2 is 2.25 bits per heavy atom. The lowest BCUT2D eigenvalue weighted by Gasteiger charge is -2.23. The van der Waals surface area contributed by atoms with E-state index in [0.717, 1.165) is 12.1 Å². The zero-order valence-corrected chi connectivity index (χ0v) is 8.15. The predicted molar refractivity (Wildman–Crippen MR) is 53.6 cm³/mol. The summed E-state index contributed by atoms with van der Waals surface area (Å²) in [6.45, 7) is 10.2. The molecule has 0 bridgehead atoms. The highest BCUT2D eigenvalue weighted by atomic mass is 14.9. The molecule has 0 radical (unpaired) electrons. The second kappa shape index (κ2) is 3.18. The average Bonchev–Trinajstić information content (AvgIpc) is 1.93. The largest absolute Gasteiger partial charge is 0.360 e. The van der Waals surface area contributed by atoms with E-state index in [1.807, 2.05) is 6.92 Å². The van der Waals surface area contributed by atoms with Gasteiger partial charge in [-0.25, -0.2) is 0 Å². The van der Waals surface area contributed by atoms with Crippen LogP contribution < -0.4 is 5.32 Å². The van der Waals surface area contributed by atoms with Crippen LogP contribution in [0.3, 0.4) is 0 Å². The first-order valence-corrected chi connectivity index (χ1v) is 4.31. The van der Waals surface area contributed by atoms with Gasteiger partial charge in [0.05, 0.1) is 0 Å². The number of hydrogen-bond acceptors (Lipinski definition) is 1. The van der Waals surface area contributed by atoms with Crippen LogP contribution in [0.4, 0.5) is 0 Å². The van der Waals surface area contributed by atoms with Gasteiger partial charge in [-0.15, -0.1) is 0 Å². The Kier molecular flexibility index (Phi) is 2.41. The Bertz CT molecular complexity index is 244. The van der Waals surface area contributed by atoms with E-state index in [1.54, 1.807) is 0 Å². The Hall–Kier alpha value is -0.980. The monoisotopic (exact) mass is 163 g/mol. The summed E-state index contributed by atoms with van der Waals surface area (Å²) >= 11 is 0. The molecule has 1 rings (SSSR count). The quantitative estimate of drug-likeness (QED) is 0.660. The van der Waals surface area contributed by atoms with Gasteiger partial charge in [-0.05, 0) is 24.8 Å². The minimum absolute atomic E-state index is 0.320. The number of nitrogens with one attached hydrogen (secondary N) is 1. The first-order valence-electron chi connectivity index (χ1n) is 4.31. The summed E-state index contributed by atoms with van der Waals surface area (Å²) in [5.41, 5.74) is 2.48. The summed E-state index contributed by atoms with van der Waals surface area (Å²) in [7, 11) is 0. The molecular weight excluding hydrogens is 146 g/mol. The molecule has 0 fully saturated rings. The molecule has 0 aromatic rings. The van der Waals surface area contributed by atoms with Gasteiger partial charge in [0.2, 0.25) is 0 Å². The van der Waals surface area contributed by atoms with Crippen LogP contribution in [-0.2, 0) is 0 Å². The SMILES string of the molecule is C=C(C)NC1=CCC(C)(C)C=C1. The molecule has 0 atom stereocenters. The molecule has 1 N–H and O–H groups in total. The van der Waals surface area contributed by atoms with E-state index in [-0.39, 0.29) is 0 Å². The molecule has 0 aliphatic heterocycles. The van der Waals surface area contributed by atoms with Crippen molar-refractivity contribution < 1.29 is 0 Å².